The molecule has 5 N–H and O–H groups in total. The molecule has 60 heavy (non-hydrogen) atoms. The van der Waals surface area contributed by atoms with Gasteiger partial charge in [-0.2, -0.15) is 0 Å². The third-order valence-corrected chi connectivity index (χ3v) is 10.9. The minimum Gasteiger partial charge on any atom is -0.454 e. The molecule has 16 heteroatoms. The minimum atomic E-state index is -1.02. The van der Waals surface area contributed by atoms with Crippen LogP contribution in [0.2, 0.25) is 0 Å². The molecular weight excluding hydrogens is 769 g/mol. The number of ether oxygens (including phenoxy) is 2. The topological polar surface area (TPSA) is 204 Å². The van der Waals surface area contributed by atoms with Gasteiger partial charge in [0.05, 0.1) is 37.2 Å². The lowest BCUT2D eigenvalue weighted by atomic mass is 10.0. The third kappa shape index (κ3) is 9.17. The standard InChI is InChI=1S/C44H52N8O8/c1-25(2)24-59-44(57)50-38(29-11-7-6-8-12-29)42(55)52-20-10-14-33(52)40(53)48-36-22-35-30(46-36)21-34(60-35)28-17-15-27(16-18-28)31-23-45-39(47-31)32-13-9-19-51(32)41(54)37(26(3)4)49-43(56)58-5/h6-8,11-12,15-18,21-23,25-26,32-33,37-38,46H,9-10,13-14,19-20,24H2,1-5H3,(H,45,47)(H,48,53)(H,49,56)(H,50,57)/t32-,33-,37-,38+/m0/s1. The second-order valence-corrected chi connectivity index (χ2v) is 16.0. The number of amides is 5. The van der Waals surface area contributed by atoms with Gasteiger partial charge in [0, 0.05) is 30.8 Å². The summed E-state index contributed by atoms with van der Waals surface area (Å²) < 4.78 is 16.2. The number of anilines is 1. The molecular formula is C44H52N8O8. The van der Waals surface area contributed by atoms with Gasteiger partial charge in [-0.15, -0.1) is 0 Å². The maximum absolute atomic E-state index is 13.9. The van der Waals surface area contributed by atoms with E-state index in [2.05, 4.69) is 30.9 Å². The Morgan fingerprint density at radius 1 is 0.850 bits per heavy atom. The Bertz CT molecular complexity index is 2280. The third-order valence-electron chi connectivity index (χ3n) is 10.9. The Kier molecular flexibility index (Phi) is 12.6. The molecule has 2 saturated heterocycles. The average molecular weight is 821 g/mol. The molecule has 0 radical (unpaired) electrons. The highest BCUT2D eigenvalue weighted by Crippen LogP contribution is 2.35. The lowest BCUT2D eigenvalue weighted by Gasteiger charge is -2.30. The van der Waals surface area contributed by atoms with E-state index in [9.17, 15) is 24.0 Å². The fourth-order valence-electron chi connectivity index (χ4n) is 7.81. The molecule has 16 nitrogen and oxygen atoms in total. The van der Waals surface area contributed by atoms with Crippen molar-refractivity contribution in [1.29, 1.82) is 0 Å². The molecule has 5 amide bonds. The number of likely N-dealkylation sites (tertiary alicyclic amines) is 2. The highest BCUT2D eigenvalue weighted by Gasteiger charge is 2.39. The van der Waals surface area contributed by atoms with Crippen LogP contribution in [0.15, 0.2) is 77.3 Å². The fraction of sp³-hybridized carbons (Fsp3) is 0.409. The Balaban J connectivity index is 0.986. The van der Waals surface area contributed by atoms with E-state index in [-0.39, 0.29) is 42.2 Å². The number of aromatic amines is 2. The summed E-state index contributed by atoms with van der Waals surface area (Å²) in [6, 6.07) is 17.6. The van der Waals surface area contributed by atoms with Gasteiger partial charge in [0.2, 0.25) is 11.8 Å². The number of hydrogen-bond donors (Lipinski definition) is 5. The lowest BCUT2D eigenvalue weighted by Crippen LogP contribution is -2.51. The summed E-state index contributed by atoms with van der Waals surface area (Å²) in [5, 5.41) is 8.31. The molecule has 2 aliphatic rings. The van der Waals surface area contributed by atoms with E-state index in [0.717, 1.165) is 29.7 Å². The summed E-state index contributed by atoms with van der Waals surface area (Å²) >= 11 is 0. The summed E-state index contributed by atoms with van der Waals surface area (Å²) in [6.07, 6.45) is 3.10. The maximum Gasteiger partial charge on any atom is 0.408 e. The normalized spacial score (nSPS) is 17.5. The first-order valence-electron chi connectivity index (χ1n) is 20.4. The van der Waals surface area contributed by atoms with Crippen LogP contribution in [0.3, 0.4) is 0 Å². The number of carbonyl (C=O) groups excluding carboxylic acids is 5. The van der Waals surface area contributed by atoms with Gasteiger partial charge in [-0.3, -0.25) is 14.4 Å². The maximum atomic E-state index is 13.9. The summed E-state index contributed by atoms with van der Waals surface area (Å²) in [7, 11) is 1.28. The van der Waals surface area contributed by atoms with Crippen LogP contribution in [0.1, 0.15) is 76.8 Å². The zero-order valence-electron chi connectivity index (χ0n) is 34.4. The molecule has 7 rings (SSSR count). The van der Waals surface area contributed by atoms with Crippen molar-refractivity contribution in [3.05, 3.63) is 84.3 Å². The van der Waals surface area contributed by atoms with E-state index >= 15 is 0 Å². The van der Waals surface area contributed by atoms with Crippen molar-refractivity contribution in [1.82, 2.24) is 35.4 Å². The van der Waals surface area contributed by atoms with Crippen molar-refractivity contribution in [3.63, 3.8) is 0 Å². The second kappa shape index (κ2) is 18.1. The number of hydrogen-bond acceptors (Lipinski definition) is 9. The Hall–Kier alpha value is -6.58. The number of alkyl carbamates (subject to hydrolysis) is 2. The molecule has 0 bridgehead atoms. The minimum absolute atomic E-state index is 0.127. The number of carbonyl (C=O) groups is 5. The number of nitrogens with one attached hydrogen (secondary N) is 5. The van der Waals surface area contributed by atoms with Crippen LogP contribution in [-0.4, -0.2) is 93.5 Å². The predicted octanol–water partition coefficient (Wildman–Crippen LogP) is 6.92. The van der Waals surface area contributed by atoms with Crippen LogP contribution >= 0.6 is 0 Å². The van der Waals surface area contributed by atoms with Gasteiger partial charge in [-0.05, 0) is 48.6 Å². The SMILES string of the molecule is COC(=O)N[C@H](C(=O)N1CCC[C@H]1c1ncc(-c2ccc(-c3cc4[nH]c(NC(=O)[C@@H]5CCCN5C(=O)[C@H](NC(=O)OCC(C)C)c5ccccc5)cc4o3)cc2)[nH]1)C(C)C. The highest BCUT2D eigenvalue weighted by atomic mass is 16.5. The van der Waals surface area contributed by atoms with Crippen molar-refractivity contribution in [2.45, 2.75) is 77.5 Å². The number of nitrogens with zero attached hydrogens (tertiary/aromatic N) is 3. The molecule has 0 unspecified atom stereocenters. The first-order chi connectivity index (χ1) is 28.9. The fourth-order valence-corrected chi connectivity index (χ4v) is 7.81. The molecule has 2 aliphatic heterocycles. The number of H-pyrrole nitrogens is 2. The second-order valence-electron chi connectivity index (χ2n) is 16.0. The Morgan fingerprint density at radius 2 is 1.57 bits per heavy atom. The summed E-state index contributed by atoms with van der Waals surface area (Å²) in [5.74, 6) is 0.850. The van der Waals surface area contributed by atoms with Crippen molar-refractivity contribution in [3.8, 4) is 22.6 Å². The number of fused-ring (bicyclic) bond motifs is 1. The van der Waals surface area contributed by atoms with Crippen LogP contribution in [0.25, 0.3) is 33.7 Å². The van der Waals surface area contributed by atoms with E-state index in [0.29, 0.717) is 60.0 Å². The summed E-state index contributed by atoms with van der Waals surface area (Å²) in [4.78, 5) is 80.3. The zero-order valence-corrected chi connectivity index (χ0v) is 34.4. The average Bonchev–Trinajstić information content (AvgIpc) is 4.09. The first kappa shape index (κ1) is 41.6. The Labute approximate surface area is 347 Å². The van der Waals surface area contributed by atoms with Crippen LogP contribution < -0.4 is 16.0 Å². The van der Waals surface area contributed by atoms with Gasteiger partial charge in [-0.1, -0.05) is 82.3 Å². The molecule has 0 aliphatic carbocycles. The smallest absolute Gasteiger partial charge is 0.408 e. The number of furan rings is 1. The van der Waals surface area contributed by atoms with Crippen LogP contribution in [0.5, 0.6) is 0 Å². The quantitative estimate of drug-likeness (QED) is 0.0836. The zero-order chi connectivity index (χ0) is 42.5. The highest BCUT2D eigenvalue weighted by molar-refractivity contribution is 6.00. The predicted molar refractivity (Wildman–Crippen MR) is 223 cm³/mol. The molecule has 2 aromatic carbocycles. The van der Waals surface area contributed by atoms with Gasteiger partial charge in [0.25, 0.3) is 5.91 Å². The van der Waals surface area contributed by atoms with Crippen LogP contribution in [-0.2, 0) is 23.9 Å². The first-order valence-corrected chi connectivity index (χ1v) is 20.4. The van der Waals surface area contributed by atoms with Crippen molar-refractivity contribution in [2.75, 3.05) is 32.1 Å². The molecule has 316 valence electrons. The van der Waals surface area contributed by atoms with Crippen molar-refractivity contribution >= 4 is 46.8 Å². The molecule has 0 spiro atoms. The van der Waals surface area contributed by atoms with Crippen LogP contribution in [0, 0.1) is 11.8 Å². The number of imidazole rings is 1. The van der Waals surface area contributed by atoms with E-state index in [4.69, 9.17) is 13.9 Å². The van der Waals surface area contributed by atoms with E-state index < -0.39 is 30.3 Å². The summed E-state index contributed by atoms with van der Waals surface area (Å²) in [6.45, 7) is 8.77. The van der Waals surface area contributed by atoms with Gasteiger partial charge in [-0.25, -0.2) is 14.6 Å². The number of benzene rings is 2. The van der Waals surface area contributed by atoms with Gasteiger partial charge in [0.1, 0.15) is 35.5 Å². The molecule has 5 aromatic rings. The summed E-state index contributed by atoms with van der Waals surface area (Å²) in [5.41, 5.74) is 4.37. The molecule has 5 heterocycles. The van der Waals surface area contributed by atoms with Crippen molar-refractivity contribution < 1.29 is 37.9 Å². The number of rotatable bonds is 13. The largest absolute Gasteiger partial charge is 0.454 e. The van der Waals surface area contributed by atoms with Gasteiger partial charge in [0.15, 0.2) is 5.58 Å². The molecule has 3 aromatic heterocycles. The monoisotopic (exact) mass is 820 g/mol. The number of aromatic nitrogens is 3. The molecule has 0 saturated carbocycles. The van der Waals surface area contributed by atoms with E-state index in [1.807, 2.05) is 64.1 Å². The molecule has 4 atom stereocenters. The van der Waals surface area contributed by atoms with Crippen LogP contribution in [0.4, 0.5) is 15.4 Å². The van der Waals surface area contributed by atoms with E-state index in [1.165, 1.54) is 12.0 Å². The van der Waals surface area contributed by atoms with Gasteiger partial charge < -0.3 is 49.6 Å². The Morgan fingerprint density at radius 3 is 2.27 bits per heavy atom. The lowest BCUT2D eigenvalue weighted by molar-refractivity contribution is -0.138. The molecule has 2 fully saturated rings. The van der Waals surface area contributed by atoms with E-state index in [1.54, 1.807) is 41.4 Å². The van der Waals surface area contributed by atoms with Crippen molar-refractivity contribution in [2.24, 2.45) is 11.8 Å². The number of methoxy groups -OCH3 is 1. The van der Waals surface area contributed by atoms with Gasteiger partial charge >= 0.3 is 12.2 Å².